The normalized spacial score (nSPS) is 13.2. The summed E-state index contributed by atoms with van der Waals surface area (Å²) >= 11 is 0. The van der Waals surface area contributed by atoms with Crippen LogP contribution >= 0.6 is 0 Å². The fourth-order valence-electron chi connectivity index (χ4n) is 11.3. The average molecular weight is 677 g/mol. The Kier molecular flexibility index (Phi) is 6.02. The first-order valence-electron chi connectivity index (χ1n) is 19.3. The molecule has 0 unspecified atom stereocenters. The molecule has 10 rings (SSSR count). The number of nitrogens with zero attached hydrogens (tertiary/aromatic N) is 2. The van der Waals surface area contributed by atoms with Gasteiger partial charge in [0.25, 0.3) is 0 Å². The molecule has 0 saturated heterocycles. The van der Waals surface area contributed by atoms with Crippen LogP contribution in [0.1, 0.15) is 83.5 Å². The first-order valence-corrected chi connectivity index (χ1v) is 19.3. The Morgan fingerprint density at radius 3 is 1.38 bits per heavy atom. The Morgan fingerprint density at radius 1 is 0.346 bits per heavy atom. The lowest BCUT2D eigenvalue weighted by Gasteiger charge is -2.36. The molecule has 0 fully saturated rings. The third-order valence-corrected chi connectivity index (χ3v) is 15.3. The zero-order valence-corrected chi connectivity index (χ0v) is 33.8. The molecule has 0 atom stereocenters. The number of para-hydroxylation sites is 1. The molecule has 0 amide bonds. The predicted molar refractivity (Wildman–Crippen MR) is 228 cm³/mol. The topological polar surface area (TPSA) is 9.86 Å². The lowest BCUT2D eigenvalue weighted by molar-refractivity contribution is 1.14. The van der Waals surface area contributed by atoms with Gasteiger partial charge in [-0.1, -0.05) is 18.2 Å². The molecular weight excluding hydrogens is 627 g/mol. The van der Waals surface area contributed by atoms with Crippen molar-refractivity contribution >= 4 is 72.2 Å². The van der Waals surface area contributed by atoms with E-state index in [1.807, 2.05) is 0 Å². The van der Waals surface area contributed by atoms with Crippen molar-refractivity contribution in [2.45, 2.75) is 104 Å². The minimum absolute atomic E-state index is 0.0493. The number of hydrogen-bond acceptors (Lipinski definition) is 0. The second kappa shape index (κ2) is 9.81. The maximum absolute atomic E-state index is 2.83. The summed E-state index contributed by atoms with van der Waals surface area (Å²) < 4.78 is 5.55. The highest BCUT2D eigenvalue weighted by molar-refractivity contribution is 6.90. The predicted octanol–water partition coefficient (Wildman–Crippen LogP) is 11.6. The lowest BCUT2D eigenvalue weighted by Crippen LogP contribution is -2.55. The average Bonchev–Trinajstić information content (AvgIpc) is 3.68. The van der Waals surface area contributed by atoms with Crippen LogP contribution in [-0.4, -0.2) is 15.9 Å². The number of rotatable bonds is 0. The summed E-state index contributed by atoms with van der Waals surface area (Å²) in [5.41, 5.74) is 34.1. The van der Waals surface area contributed by atoms with Gasteiger partial charge in [-0.15, -0.1) is 0 Å². The lowest BCUT2D eigenvalue weighted by atomic mass is 9.45. The molecule has 2 nitrogen and oxygen atoms in total. The van der Waals surface area contributed by atoms with Gasteiger partial charge < -0.3 is 9.05 Å². The Labute approximate surface area is 308 Å². The van der Waals surface area contributed by atoms with Crippen LogP contribution in [0.15, 0.2) is 24.3 Å². The van der Waals surface area contributed by atoms with Crippen molar-refractivity contribution in [2.75, 3.05) is 0 Å². The smallest absolute Gasteiger partial charge is 0.333 e. The monoisotopic (exact) mass is 676 g/mol. The molecule has 4 heterocycles. The zero-order valence-electron chi connectivity index (χ0n) is 33.8. The SMILES string of the molecule is Cc1c(C)c(C)c2c(c1C)c1c3c4c2c2c(C)c(C)c(C)c(C)c2n4-c2ccccc2B3n2c3c(C)c(C)c(C)c(C)c3c3c(C)c(C)c(C)c-1c32. The Morgan fingerprint density at radius 2 is 0.788 bits per heavy atom. The number of benzene rings is 6. The highest BCUT2D eigenvalue weighted by Gasteiger charge is 2.45. The molecule has 0 spiro atoms. The summed E-state index contributed by atoms with van der Waals surface area (Å²) in [7, 11) is 0. The van der Waals surface area contributed by atoms with Gasteiger partial charge in [-0.3, -0.25) is 0 Å². The molecule has 2 aliphatic rings. The summed E-state index contributed by atoms with van der Waals surface area (Å²) in [6.07, 6.45) is 0. The van der Waals surface area contributed by atoms with Gasteiger partial charge in [-0.2, -0.15) is 0 Å². The van der Waals surface area contributed by atoms with E-state index in [2.05, 4.69) is 137 Å². The highest BCUT2D eigenvalue weighted by atomic mass is 15.0. The Hall–Kier alpha value is -4.76. The van der Waals surface area contributed by atoms with Crippen molar-refractivity contribution in [3.05, 3.63) is 108 Å². The molecule has 6 aromatic carbocycles. The van der Waals surface area contributed by atoms with E-state index < -0.39 is 0 Å². The van der Waals surface area contributed by atoms with Crippen molar-refractivity contribution in [1.29, 1.82) is 0 Å². The van der Waals surface area contributed by atoms with Crippen molar-refractivity contribution in [1.82, 2.24) is 9.05 Å². The number of aromatic nitrogens is 2. The fraction of sp³-hybridized carbons (Fsp3) is 0.306. The van der Waals surface area contributed by atoms with E-state index in [1.165, 1.54) is 166 Å². The summed E-state index contributed by atoms with van der Waals surface area (Å²) in [5, 5.41) is 8.72. The molecule has 3 heteroatoms. The first-order chi connectivity index (χ1) is 24.6. The molecule has 0 bridgehead atoms. The van der Waals surface area contributed by atoms with Gasteiger partial charge in [0.15, 0.2) is 0 Å². The third kappa shape index (κ3) is 3.20. The van der Waals surface area contributed by atoms with Gasteiger partial charge in [0, 0.05) is 43.8 Å². The van der Waals surface area contributed by atoms with Crippen molar-refractivity contribution in [3.8, 4) is 16.8 Å². The van der Waals surface area contributed by atoms with E-state index in [4.69, 9.17) is 0 Å². The minimum atomic E-state index is 0.0493. The van der Waals surface area contributed by atoms with Crippen LogP contribution in [-0.2, 0) is 0 Å². The van der Waals surface area contributed by atoms with Crippen LogP contribution in [0, 0.1) is 104 Å². The second-order valence-corrected chi connectivity index (χ2v) is 16.8. The quantitative estimate of drug-likeness (QED) is 0.142. The van der Waals surface area contributed by atoms with Gasteiger partial charge in [0.2, 0.25) is 0 Å². The van der Waals surface area contributed by atoms with Crippen molar-refractivity contribution in [3.63, 3.8) is 0 Å². The molecule has 2 aromatic heterocycles. The third-order valence-electron chi connectivity index (χ3n) is 15.3. The van der Waals surface area contributed by atoms with Crippen LogP contribution in [0.25, 0.3) is 71.2 Å². The fourth-order valence-corrected chi connectivity index (χ4v) is 11.3. The summed E-state index contributed by atoms with van der Waals surface area (Å²) in [6, 6.07) is 9.38. The maximum atomic E-state index is 2.83. The van der Waals surface area contributed by atoms with Gasteiger partial charge in [0.1, 0.15) is 0 Å². The molecule has 0 radical (unpaired) electrons. The molecular formula is C49H49BN2. The molecule has 8 aromatic rings. The van der Waals surface area contributed by atoms with E-state index in [0.29, 0.717) is 0 Å². The molecule has 52 heavy (non-hydrogen) atoms. The standard InChI is InChI=1S/C49H49BN2/c1-20-21(2)28(9)38-37(27(20)8)43-41-32(13)26(7)31(12)40-39-29(10)23(4)25(6)34(15)47(39)52(48(40)41)50-35-18-16-17-19-36(35)51-46-33(14)24(5)22(3)30(11)42(46)44(38)49(51)45(43)50/h16-19H,1-15H3. The largest absolute Gasteiger partial charge is 0.375 e. The Balaban J connectivity index is 1.67. The number of fused-ring (bicyclic) bond motifs is 14. The van der Waals surface area contributed by atoms with Gasteiger partial charge >= 0.3 is 6.85 Å². The van der Waals surface area contributed by atoms with Crippen LogP contribution in [0.5, 0.6) is 0 Å². The van der Waals surface area contributed by atoms with Crippen LogP contribution < -0.4 is 10.9 Å². The van der Waals surface area contributed by atoms with E-state index in [0.717, 1.165) is 0 Å². The summed E-state index contributed by atoms with van der Waals surface area (Å²) in [5.74, 6) is 0. The molecule has 2 aliphatic heterocycles. The van der Waals surface area contributed by atoms with E-state index in [-0.39, 0.29) is 6.85 Å². The number of hydrogen-bond donors (Lipinski definition) is 0. The molecule has 258 valence electrons. The van der Waals surface area contributed by atoms with E-state index in [1.54, 1.807) is 0 Å². The molecule has 0 aliphatic carbocycles. The number of aryl methyl sites for hydroxylation is 7. The van der Waals surface area contributed by atoms with Crippen LogP contribution in [0.2, 0.25) is 0 Å². The summed E-state index contributed by atoms with van der Waals surface area (Å²) in [6.45, 7) is 35.6. The maximum Gasteiger partial charge on any atom is 0.333 e. The molecule has 0 N–H and O–H groups in total. The Bertz CT molecular complexity index is 3100. The van der Waals surface area contributed by atoms with Crippen molar-refractivity contribution in [2.24, 2.45) is 0 Å². The van der Waals surface area contributed by atoms with Crippen LogP contribution in [0.3, 0.4) is 0 Å². The van der Waals surface area contributed by atoms with Gasteiger partial charge in [-0.25, -0.2) is 0 Å². The first kappa shape index (κ1) is 31.9. The molecule has 0 saturated carbocycles. The minimum Gasteiger partial charge on any atom is -0.375 e. The van der Waals surface area contributed by atoms with E-state index in [9.17, 15) is 0 Å². The zero-order chi connectivity index (χ0) is 36.9. The van der Waals surface area contributed by atoms with Gasteiger partial charge in [-0.05, 0) is 221 Å². The highest BCUT2D eigenvalue weighted by Crippen LogP contribution is 2.53. The summed E-state index contributed by atoms with van der Waals surface area (Å²) in [4.78, 5) is 0. The van der Waals surface area contributed by atoms with E-state index >= 15 is 0 Å². The second-order valence-electron chi connectivity index (χ2n) is 16.8. The van der Waals surface area contributed by atoms with Gasteiger partial charge in [0.05, 0.1) is 11.0 Å². The van der Waals surface area contributed by atoms with Crippen molar-refractivity contribution < 1.29 is 0 Å². The van der Waals surface area contributed by atoms with Crippen LogP contribution in [0.4, 0.5) is 0 Å².